The normalized spacial score (nSPS) is 16.8. The molecule has 0 atom stereocenters. The predicted octanol–water partition coefficient (Wildman–Crippen LogP) is 8.09. The number of allylic oxidation sites excluding steroid dienone is 2. The molecule has 0 fully saturated rings. The molecule has 234 valence electrons. The average molecular weight is 659 g/mol. The lowest BCUT2D eigenvalue weighted by Crippen LogP contribution is -2.33. The Morgan fingerprint density at radius 3 is 2.33 bits per heavy atom. The fraction of sp³-hybridized carbons (Fsp3) is 0.250. The van der Waals surface area contributed by atoms with Gasteiger partial charge in [-0.2, -0.15) is 4.57 Å². The summed E-state index contributed by atoms with van der Waals surface area (Å²) in [6, 6.07) is 19.2. The zero-order valence-corrected chi connectivity index (χ0v) is 28.7. The lowest BCUT2D eigenvalue weighted by Gasteiger charge is -2.18. The molecule has 0 spiro atoms. The number of thioether (sulfide) groups is 1. The number of ether oxygens (including phenoxy) is 1. The van der Waals surface area contributed by atoms with Crippen LogP contribution in [0.15, 0.2) is 111 Å². The van der Waals surface area contributed by atoms with Crippen LogP contribution in [0, 0.1) is 20.8 Å². The number of aryl methyl sites for hydroxylation is 4. The lowest BCUT2D eigenvalue weighted by atomic mass is 10.1. The quantitative estimate of drug-likeness (QED) is 0.154. The second kappa shape index (κ2) is 14.3. The van der Waals surface area contributed by atoms with Gasteiger partial charge in [0.25, 0.3) is 5.01 Å². The molecule has 6 rings (SSSR count). The van der Waals surface area contributed by atoms with Gasteiger partial charge in [0, 0.05) is 23.6 Å². The molecular weight excluding hydrogens is 621 g/mol. The van der Waals surface area contributed by atoms with E-state index in [-0.39, 0.29) is 4.90 Å². The number of anilines is 1. The zero-order valence-electron chi connectivity index (χ0n) is 26.2. The van der Waals surface area contributed by atoms with Gasteiger partial charge in [0.1, 0.15) is 21.4 Å². The maximum absolute atomic E-state index is 10.4. The molecule has 4 aromatic rings. The molecule has 45 heavy (non-hydrogen) atoms. The molecule has 2 aliphatic rings. The molecular formula is C36H38N2O4S3. The van der Waals surface area contributed by atoms with E-state index in [1.165, 1.54) is 65.2 Å². The number of aromatic nitrogens is 1. The van der Waals surface area contributed by atoms with E-state index in [2.05, 4.69) is 104 Å². The van der Waals surface area contributed by atoms with E-state index < -0.39 is 10.1 Å². The largest absolute Gasteiger partial charge is 0.744 e. The van der Waals surface area contributed by atoms with Crippen molar-refractivity contribution in [3.63, 3.8) is 0 Å². The first-order valence-electron chi connectivity index (χ1n) is 14.9. The Hall–Kier alpha value is -3.47. The predicted molar refractivity (Wildman–Crippen MR) is 186 cm³/mol. The summed E-state index contributed by atoms with van der Waals surface area (Å²) in [7, 11) is -4.27. The Morgan fingerprint density at radius 1 is 0.911 bits per heavy atom. The first-order chi connectivity index (χ1) is 21.5. The fourth-order valence-corrected chi connectivity index (χ4v) is 8.11. The Bertz CT molecular complexity index is 1930. The van der Waals surface area contributed by atoms with Gasteiger partial charge in [-0.05, 0) is 99.4 Å². The number of fused-ring (bicyclic) bond motifs is 2. The van der Waals surface area contributed by atoms with E-state index in [0.717, 1.165) is 18.7 Å². The monoisotopic (exact) mass is 658 g/mol. The van der Waals surface area contributed by atoms with E-state index in [0.29, 0.717) is 13.2 Å². The van der Waals surface area contributed by atoms with Crippen LogP contribution in [0.25, 0.3) is 16.3 Å². The molecule has 0 radical (unpaired) electrons. The van der Waals surface area contributed by atoms with E-state index in [1.807, 2.05) is 30.0 Å². The number of benzene rings is 3. The van der Waals surface area contributed by atoms with Crippen LogP contribution in [-0.4, -0.2) is 32.7 Å². The summed E-state index contributed by atoms with van der Waals surface area (Å²) >= 11 is 3.70. The molecule has 0 amide bonds. The lowest BCUT2D eigenvalue weighted by molar-refractivity contribution is -0.665. The van der Waals surface area contributed by atoms with Gasteiger partial charge in [0.2, 0.25) is 5.52 Å². The zero-order chi connectivity index (χ0) is 32.1. The van der Waals surface area contributed by atoms with Gasteiger partial charge < -0.3 is 14.2 Å². The summed E-state index contributed by atoms with van der Waals surface area (Å²) in [4.78, 5) is 3.55. The molecule has 1 aromatic heterocycles. The highest BCUT2D eigenvalue weighted by atomic mass is 32.2. The van der Waals surface area contributed by atoms with Crippen molar-refractivity contribution in [2.24, 2.45) is 0 Å². The summed E-state index contributed by atoms with van der Waals surface area (Å²) in [5.74, 6) is 0. The molecule has 0 saturated heterocycles. The van der Waals surface area contributed by atoms with Crippen LogP contribution in [0.4, 0.5) is 5.69 Å². The van der Waals surface area contributed by atoms with Crippen molar-refractivity contribution in [2.75, 3.05) is 24.7 Å². The van der Waals surface area contributed by atoms with Crippen LogP contribution in [0.5, 0.6) is 0 Å². The molecule has 2 aliphatic heterocycles. The maximum atomic E-state index is 10.4. The molecule has 3 heterocycles. The SMILES string of the molecule is CCN1/C(=C/C=C2C=C(/C=C/c3sc4cc(C)ccc4[n+]3CC)COC/2)Sc2cc(C)ccc21.Cc1ccc(S(=O)(=O)[O-])cc1. The fourth-order valence-electron chi connectivity index (χ4n) is 5.19. The molecule has 6 nitrogen and oxygen atoms in total. The smallest absolute Gasteiger partial charge is 0.262 e. The minimum Gasteiger partial charge on any atom is -0.744 e. The van der Waals surface area contributed by atoms with E-state index >= 15 is 0 Å². The Balaban J connectivity index is 0.000000309. The van der Waals surface area contributed by atoms with Gasteiger partial charge in [0.05, 0.1) is 28.8 Å². The highest BCUT2D eigenvalue weighted by Crippen LogP contribution is 2.46. The second-order valence-corrected chi connectivity index (χ2v) is 14.5. The molecule has 0 unspecified atom stereocenters. The van der Waals surface area contributed by atoms with Crippen LogP contribution >= 0.6 is 23.1 Å². The molecule has 3 aromatic carbocycles. The summed E-state index contributed by atoms with van der Waals surface area (Å²) in [6.07, 6.45) is 11.2. The highest BCUT2D eigenvalue weighted by Gasteiger charge is 2.23. The first kappa shape index (κ1) is 32.9. The summed E-state index contributed by atoms with van der Waals surface area (Å²) in [6.45, 7) is 13.8. The van der Waals surface area contributed by atoms with Crippen molar-refractivity contribution < 1.29 is 22.3 Å². The third kappa shape index (κ3) is 8.04. The van der Waals surface area contributed by atoms with E-state index in [1.54, 1.807) is 12.1 Å². The maximum Gasteiger partial charge on any atom is 0.262 e. The van der Waals surface area contributed by atoms with Crippen molar-refractivity contribution in [3.8, 4) is 0 Å². The first-order valence-corrected chi connectivity index (χ1v) is 18.0. The summed E-state index contributed by atoms with van der Waals surface area (Å²) < 4.78 is 40.8. The van der Waals surface area contributed by atoms with Crippen LogP contribution in [0.3, 0.4) is 0 Å². The van der Waals surface area contributed by atoms with E-state index in [9.17, 15) is 13.0 Å². The Kier molecular flexibility index (Phi) is 10.5. The third-order valence-corrected chi connectivity index (χ3v) is 10.6. The van der Waals surface area contributed by atoms with Gasteiger partial charge >= 0.3 is 0 Å². The number of hydrogen-bond acceptors (Lipinski definition) is 7. The molecule has 0 N–H and O–H groups in total. The molecule has 0 bridgehead atoms. The van der Waals surface area contributed by atoms with Crippen LogP contribution in [-0.2, 0) is 21.4 Å². The average Bonchev–Trinajstić information content (AvgIpc) is 3.55. The van der Waals surface area contributed by atoms with Crippen molar-refractivity contribution in [1.29, 1.82) is 0 Å². The number of nitrogens with zero attached hydrogens (tertiary/aromatic N) is 2. The molecule has 9 heteroatoms. The van der Waals surface area contributed by atoms with Gasteiger partial charge in [-0.15, -0.1) is 0 Å². The minimum atomic E-state index is -4.27. The standard InChI is InChI=1S/C29H31N2OS2.C7H8O3S/c1-5-30-24-11-7-20(3)15-26(24)33-28(30)13-9-22-17-23(19-32-18-22)10-14-29-31(6-2)25-12-8-21(4)16-27(25)34-29;1-6-2-4-7(5-3-6)11(8,9)10/h7-17H,5-6,18-19H2,1-4H3;2-5H,1H3,(H,8,9,10)/q+1;/p-1. The Labute approximate surface area is 274 Å². The van der Waals surface area contributed by atoms with Gasteiger partial charge in [-0.3, -0.25) is 0 Å². The van der Waals surface area contributed by atoms with Crippen LogP contribution < -0.4 is 9.47 Å². The van der Waals surface area contributed by atoms with E-state index in [4.69, 9.17) is 4.74 Å². The topological polar surface area (TPSA) is 73.5 Å². The summed E-state index contributed by atoms with van der Waals surface area (Å²) in [5.41, 5.74) is 8.57. The third-order valence-electron chi connectivity index (χ3n) is 7.50. The van der Waals surface area contributed by atoms with Gasteiger partial charge in [-0.1, -0.05) is 65.1 Å². The van der Waals surface area contributed by atoms with Crippen molar-refractivity contribution in [3.05, 3.63) is 123 Å². The molecule has 0 saturated carbocycles. The van der Waals surface area contributed by atoms with Crippen molar-refractivity contribution in [2.45, 2.75) is 51.0 Å². The van der Waals surface area contributed by atoms with Crippen LogP contribution in [0.1, 0.15) is 35.5 Å². The van der Waals surface area contributed by atoms with Crippen molar-refractivity contribution in [1.82, 2.24) is 0 Å². The number of hydrogen-bond donors (Lipinski definition) is 0. The van der Waals surface area contributed by atoms with Crippen molar-refractivity contribution >= 4 is 55.2 Å². The highest BCUT2D eigenvalue weighted by molar-refractivity contribution is 8.03. The van der Waals surface area contributed by atoms with Crippen LogP contribution in [0.2, 0.25) is 0 Å². The Morgan fingerprint density at radius 2 is 1.62 bits per heavy atom. The van der Waals surface area contributed by atoms with Gasteiger partial charge in [-0.25, -0.2) is 8.42 Å². The molecule has 0 aliphatic carbocycles. The number of thiazole rings is 1. The van der Waals surface area contributed by atoms with Gasteiger partial charge in [0.15, 0.2) is 0 Å². The summed E-state index contributed by atoms with van der Waals surface area (Å²) in [5, 5.41) is 2.55. The second-order valence-electron chi connectivity index (χ2n) is 11.0. The number of rotatable bonds is 6. The minimum absolute atomic E-state index is 0.178.